The Labute approximate surface area is 153 Å². The van der Waals surface area contributed by atoms with E-state index in [1.807, 2.05) is 58.0 Å². The quantitative estimate of drug-likeness (QED) is 0.762. The summed E-state index contributed by atoms with van der Waals surface area (Å²) < 4.78 is 50.0. The van der Waals surface area contributed by atoms with Gasteiger partial charge in [-0.2, -0.15) is 13.2 Å². The van der Waals surface area contributed by atoms with Gasteiger partial charge < -0.3 is 9.31 Å². The predicted octanol–water partition coefficient (Wildman–Crippen LogP) is 3.64. The van der Waals surface area contributed by atoms with E-state index in [0.717, 1.165) is 16.6 Å². The van der Waals surface area contributed by atoms with Crippen molar-refractivity contribution in [3.63, 3.8) is 0 Å². The van der Waals surface area contributed by atoms with Gasteiger partial charge in [0.1, 0.15) is 0 Å². The van der Waals surface area contributed by atoms with Crippen LogP contribution in [0.4, 0.5) is 13.2 Å². The van der Waals surface area contributed by atoms with E-state index < -0.39 is 31.0 Å². The highest BCUT2D eigenvalue weighted by Crippen LogP contribution is 2.36. The summed E-state index contributed by atoms with van der Waals surface area (Å²) >= 11 is 0. The Bertz CT molecular complexity index is 667. The summed E-state index contributed by atoms with van der Waals surface area (Å²) in [7, 11) is -0.434. The molecule has 0 unspecified atom stereocenters. The van der Waals surface area contributed by atoms with Crippen molar-refractivity contribution < 1.29 is 22.5 Å². The van der Waals surface area contributed by atoms with Gasteiger partial charge in [-0.1, -0.05) is 30.3 Å². The molecule has 1 fully saturated rings. The average Bonchev–Trinajstić information content (AvgIpc) is 2.74. The van der Waals surface area contributed by atoms with E-state index in [1.54, 1.807) is 0 Å². The first kappa shape index (κ1) is 19.5. The molecule has 0 aromatic heterocycles. The number of hydrogen-bond donors (Lipinski definition) is 0. The number of hydrogen-bond acceptors (Lipinski definition) is 3. The van der Waals surface area contributed by atoms with E-state index in [2.05, 4.69) is 0 Å². The molecule has 1 aromatic carbocycles. The molecular formula is C19H25BF3NO2. The minimum atomic E-state index is -4.16. The highest BCUT2D eigenvalue weighted by molar-refractivity contribution is 6.62. The molecule has 3 rings (SSSR count). The van der Waals surface area contributed by atoms with Crippen LogP contribution in [-0.4, -0.2) is 49.0 Å². The first-order chi connectivity index (χ1) is 12.0. The van der Waals surface area contributed by atoms with Gasteiger partial charge in [0.25, 0.3) is 0 Å². The van der Waals surface area contributed by atoms with Crippen LogP contribution in [0.1, 0.15) is 39.7 Å². The van der Waals surface area contributed by atoms with Gasteiger partial charge >= 0.3 is 13.3 Å². The van der Waals surface area contributed by atoms with E-state index in [1.165, 1.54) is 4.90 Å². The summed E-state index contributed by atoms with van der Waals surface area (Å²) in [5.74, 6) is 0. The minimum Gasteiger partial charge on any atom is -0.399 e. The van der Waals surface area contributed by atoms with Crippen LogP contribution in [0.2, 0.25) is 0 Å². The number of halogens is 3. The number of alkyl halides is 3. The first-order valence-corrected chi connectivity index (χ1v) is 8.91. The molecular weight excluding hydrogens is 342 g/mol. The molecule has 0 spiro atoms. The van der Waals surface area contributed by atoms with E-state index in [0.29, 0.717) is 19.5 Å². The largest absolute Gasteiger partial charge is 0.494 e. The lowest BCUT2D eigenvalue weighted by atomic mass is 9.78. The van der Waals surface area contributed by atoms with Crippen molar-refractivity contribution in [3.8, 4) is 0 Å². The number of rotatable bonds is 3. The molecule has 0 N–H and O–H groups in total. The summed E-state index contributed by atoms with van der Waals surface area (Å²) in [6.07, 6.45) is -1.51. The van der Waals surface area contributed by atoms with Crippen molar-refractivity contribution in [1.29, 1.82) is 0 Å². The lowest BCUT2D eigenvalue weighted by Gasteiger charge is -2.32. The summed E-state index contributed by atoms with van der Waals surface area (Å²) in [5.41, 5.74) is 1.98. The number of nitrogens with zero attached hydrogens (tertiary/aromatic N) is 1. The van der Waals surface area contributed by atoms with Crippen LogP contribution in [0.3, 0.4) is 0 Å². The van der Waals surface area contributed by atoms with Crippen molar-refractivity contribution in [3.05, 3.63) is 35.9 Å². The van der Waals surface area contributed by atoms with Gasteiger partial charge in [0.2, 0.25) is 0 Å². The molecule has 0 bridgehead atoms. The second-order valence-electron chi connectivity index (χ2n) is 8.05. The van der Waals surface area contributed by atoms with Gasteiger partial charge in [0, 0.05) is 13.1 Å². The van der Waals surface area contributed by atoms with Crippen molar-refractivity contribution >= 4 is 18.2 Å². The van der Waals surface area contributed by atoms with Crippen LogP contribution in [0.15, 0.2) is 30.3 Å². The molecule has 2 aliphatic heterocycles. The zero-order valence-electron chi connectivity index (χ0n) is 15.7. The molecule has 2 aliphatic rings. The van der Waals surface area contributed by atoms with E-state index in [9.17, 15) is 13.2 Å². The molecule has 26 heavy (non-hydrogen) atoms. The third-order valence-corrected chi connectivity index (χ3v) is 5.44. The predicted molar refractivity (Wildman–Crippen MR) is 97.2 cm³/mol. The molecule has 0 atom stereocenters. The summed E-state index contributed by atoms with van der Waals surface area (Å²) in [6.45, 7) is 7.90. The standard InChI is InChI=1S/C19H25BF3NO2/c1-17(2)18(3,4)26-20(25-17)16-9-7-14(8-10-16)15-6-5-11-24(12-15)13-19(21,22)23/h6-10H,5,11-13H2,1-4H3. The second-order valence-corrected chi connectivity index (χ2v) is 8.05. The Hall–Kier alpha value is -1.31. The monoisotopic (exact) mass is 367 g/mol. The van der Waals surface area contributed by atoms with Crippen molar-refractivity contribution in [2.75, 3.05) is 19.6 Å². The van der Waals surface area contributed by atoms with Gasteiger partial charge in [-0.3, -0.25) is 4.90 Å². The van der Waals surface area contributed by atoms with Crippen LogP contribution < -0.4 is 5.46 Å². The zero-order chi connectivity index (χ0) is 19.2. The highest BCUT2D eigenvalue weighted by atomic mass is 19.4. The van der Waals surface area contributed by atoms with Gasteiger partial charge in [-0.05, 0) is 50.7 Å². The van der Waals surface area contributed by atoms with Gasteiger partial charge in [0.05, 0.1) is 17.7 Å². The lowest BCUT2D eigenvalue weighted by Crippen LogP contribution is -2.41. The molecule has 3 nitrogen and oxygen atoms in total. The zero-order valence-corrected chi connectivity index (χ0v) is 15.7. The topological polar surface area (TPSA) is 21.7 Å². The van der Waals surface area contributed by atoms with Crippen LogP contribution >= 0.6 is 0 Å². The Balaban J connectivity index is 1.70. The van der Waals surface area contributed by atoms with E-state index in [-0.39, 0.29) is 0 Å². The molecule has 7 heteroatoms. The highest BCUT2D eigenvalue weighted by Gasteiger charge is 2.51. The normalized spacial score (nSPS) is 23.2. The molecule has 0 amide bonds. The third kappa shape index (κ3) is 4.16. The fourth-order valence-electron chi connectivity index (χ4n) is 3.24. The van der Waals surface area contributed by atoms with E-state index in [4.69, 9.17) is 9.31 Å². The Kier molecular flexibility index (Phi) is 5.01. The van der Waals surface area contributed by atoms with Gasteiger partial charge in [-0.15, -0.1) is 0 Å². The van der Waals surface area contributed by atoms with Crippen LogP contribution in [0.5, 0.6) is 0 Å². The molecule has 0 radical (unpaired) electrons. The molecule has 0 saturated carbocycles. The van der Waals surface area contributed by atoms with Gasteiger partial charge in [-0.25, -0.2) is 0 Å². The smallest absolute Gasteiger partial charge is 0.399 e. The maximum Gasteiger partial charge on any atom is 0.494 e. The summed E-state index contributed by atoms with van der Waals surface area (Å²) in [4.78, 5) is 1.44. The van der Waals surface area contributed by atoms with Crippen molar-refractivity contribution in [2.45, 2.75) is 51.5 Å². The summed E-state index contributed by atoms with van der Waals surface area (Å²) in [6, 6.07) is 7.73. The first-order valence-electron chi connectivity index (χ1n) is 8.91. The molecule has 2 heterocycles. The summed E-state index contributed by atoms with van der Waals surface area (Å²) in [5, 5.41) is 0. The van der Waals surface area contributed by atoms with Crippen molar-refractivity contribution in [1.82, 2.24) is 4.90 Å². The molecule has 142 valence electrons. The van der Waals surface area contributed by atoms with Gasteiger partial charge in [0.15, 0.2) is 0 Å². The molecule has 1 aromatic rings. The average molecular weight is 367 g/mol. The Morgan fingerprint density at radius 1 is 1.04 bits per heavy atom. The lowest BCUT2D eigenvalue weighted by molar-refractivity contribution is -0.144. The maximum atomic E-state index is 12.6. The molecule has 0 aliphatic carbocycles. The Morgan fingerprint density at radius 3 is 2.15 bits per heavy atom. The van der Waals surface area contributed by atoms with Crippen LogP contribution in [0, 0.1) is 0 Å². The number of benzene rings is 1. The van der Waals surface area contributed by atoms with Crippen LogP contribution in [0.25, 0.3) is 5.57 Å². The van der Waals surface area contributed by atoms with Crippen LogP contribution in [-0.2, 0) is 9.31 Å². The fourth-order valence-corrected chi connectivity index (χ4v) is 3.24. The Morgan fingerprint density at radius 2 is 1.62 bits per heavy atom. The third-order valence-electron chi connectivity index (χ3n) is 5.44. The maximum absolute atomic E-state index is 12.6. The van der Waals surface area contributed by atoms with E-state index >= 15 is 0 Å². The molecule has 1 saturated heterocycles. The second kappa shape index (κ2) is 6.70. The SMILES string of the molecule is CC1(C)OB(c2ccc(C3=CCCN(CC(F)(F)F)C3)cc2)OC1(C)C. The fraction of sp³-hybridized carbons (Fsp3) is 0.579. The van der Waals surface area contributed by atoms with Crippen molar-refractivity contribution in [2.24, 2.45) is 0 Å². The minimum absolute atomic E-state index is 0.315.